The summed E-state index contributed by atoms with van der Waals surface area (Å²) in [6.45, 7) is 11.1. The summed E-state index contributed by atoms with van der Waals surface area (Å²) in [6, 6.07) is 15.1. The predicted molar refractivity (Wildman–Crippen MR) is 95.3 cm³/mol. The average Bonchev–Trinajstić information content (AvgIpc) is 2.79. The van der Waals surface area contributed by atoms with Crippen LogP contribution in [0.25, 0.3) is 0 Å². The standard InChI is InChI=1S/C20H24N2/c1-15-13-16(2)17(3)19(14-15)22-12-11-21(20(22,4)5)18-9-7-6-8-10-18/h6-14H,1-5H3. The second kappa shape index (κ2) is 5.20. The molecule has 0 saturated carbocycles. The lowest BCUT2D eigenvalue weighted by atomic mass is 10.0. The number of benzene rings is 2. The summed E-state index contributed by atoms with van der Waals surface area (Å²) < 4.78 is 0. The van der Waals surface area contributed by atoms with Gasteiger partial charge < -0.3 is 9.80 Å². The fourth-order valence-electron chi connectivity index (χ4n) is 3.25. The lowest BCUT2D eigenvalue weighted by Gasteiger charge is -2.41. The molecule has 0 aromatic heterocycles. The van der Waals surface area contributed by atoms with Gasteiger partial charge in [-0.05, 0) is 69.5 Å². The summed E-state index contributed by atoms with van der Waals surface area (Å²) in [5.74, 6) is 0. The molecule has 0 fully saturated rings. The highest BCUT2D eigenvalue weighted by Gasteiger charge is 2.36. The molecule has 0 radical (unpaired) electrons. The lowest BCUT2D eigenvalue weighted by molar-refractivity contribution is 0.531. The van der Waals surface area contributed by atoms with Gasteiger partial charge in [0, 0.05) is 23.8 Å². The zero-order valence-electron chi connectivity index (χ0n) is 14.1. The Morgan fingerprint density at radius 1 is 0.818 bits per heavy atom. The minimum absolute atomic E-state index is 0.133. The van der Waals surface area contributed by atoms with Gasteiger partial charge in [0.25, 0.3) is 0 Å². The molecule has 2 aromatic rings. The quantitative estimate of drug-likeness (QED) is 0.755. The maximum atomic E-state index is 2.37. The maximum absolute atomic E-state index is 2.37. The van der Waals surface area contributed by atoms with Crippen LogP contribution < -0.4 is 9.80 Å². The minimum Gasteiger partial charge on any atom is -0.323 e. The van der Waals surface area contributed by atoms with Crippen molar-refractivity contribution in [2.24, 2.45) is 0 Å². The normalized spacial score (nSPS) is 16.4. The van der Waals surface area contributed by atoms with E-state index >= 15 is 0 Å². The molecule has 0 spiro atoms. The van der Waals surface area contributed by atoms with Crippen LogP contribution in [0.2, 0.25) is 0 Å². The van der Waals surface area contributed by atoms with Crippen molar-refractivity contribution in [3.63, 3.8) is 0 Å². The van der Waals surface area contributed by atoms with Crippen LogP contribution in [0.15, 0.2) is 54.9 Å². The van der Waals surface area contributed by atoms with Crippen molar-refractivity contribution >= 4 is 11.4 Å². The van der Waals surface area contributed by atoms with Gasteiger partial charge in [-0.15, -0.1) is 0 Å². The van der Waals surface area contributed by atoms with E-state index in [0.29, 0.717) is 0 Å². The van der Waals surface area contributed by atoms with Crippen molar-refractivity contribution in [3.8, 4) is 0 Å². The number of hydrogen-bond acceptors (Lipinski definition) is 2. The van der Waals surface area contributed by atoms with Crippen LogP contribution in [0.5, 0.6) is 0 Å². The zero-order chi connectivity index (χ0) is 15.9. The molecule has 0 atom stereocenters. The molecule has 2 aromatic carbocycles. The van der Waals surface area contributed by atoms with Crippen molar-refractivity contribution in [2.75, 3.05) is 9.80 Å². The van der Waals surface area contributed by atoms with E-state index in [1.165, 1.54) is 28.1 Å². The van der Waals surface area contributed by atoms with Crippen LogP contribution in [0.1, 0.15) is 30.5 Å². The average molecular weight is 292 g/mol. The van der Waals surface area contributed by atoms with E-state index in [4.69, 9.17) is 0 Å². The Kier molecular flexibility index (Phi) is 3.48. The van der Waals surface area contributed by atoms with Crippen LogP contribution in [0, 0.1) is 20.8 Å². The third-order valence-electron chi connectivity index (χ3n) is 4.62. The van der Waals surface area contributed by atoms with Gasteiger partial charge in [-0.1, -0.05) is 24.3 Å². The molecule has 114 valence electrons. The summed E-state index contributed by atoms with van der Waals surface area (Å²) in [7, 11) is 0. The van der Waals surface area contributed by atoms with Crippen LogP contribution in [0.3, 0.4) is 0 Å². The second-order valence-corrected chi connectivity index (χ2v) is 6.59. The topological polar surface area (TPSA) is 6.48 Å². The number of para-hydroxylation sites is 1. The number of anilines is 2. The summed E-state index contributed by atoms with van der Waals surface area (Å²) in [5, 5.41) is 0. The van der Waals surface area contributed by atoms with Gasteiger partial charge >= 0.3 is 0 Å². The van der Waals surface area contributed by atoms with Gasteiger partial charge in [0.1, 0.15) is 5.66 Å². The van der Waals surface area contributed by atoms with E-state index in [-0.39, 0.29) is 5.66 Å². The first-order valence-corrected chi connectivity index (χ1v) is 7.81. The summed E-state index contributed by atoms with van der Waals surface area (Å²) in [5.41, 5.74) is 6.37. The highest BCUT2D eigenvalue weighted by molar-refractivity contribution is 5.67. The van der Waals surface area contributed by atoms with E-state index in [2.05, 4.69) is 99.3 Å². The van der Waals surface area contributed by atoms with E-state index in [9.17, 15) is 0 Å². The van der Waals surface area contributed by atoms with Crippen molar-refractivity contribution in [1.29, 1.82) is 0 Å². The van der Waals surface area contributed by atoms with Crippen molar-refractivity contribution in [1.82, 2.24) is 0 Å². The van der Waals surface area contributed by atoms with Gasteiger partial charge in [-0.2, -0.15) is 0 Å². The molecule has 0 aliphatic carbocycles. The minimum atomic E-state index is -0.133. The van der Waals surface area contributed by atoms with Crippen molar-refractivity contribution in [2.45, 2.75) is 40.3 Å². The maximum Gasteiger partial charge on any atom is 0.115 e. The number of nitrogens with zero attached hydrogens (tertiary/aromatic N) is 2. The van der Waals surface area contributed by atoms with Crippen LogP contribution >= 0.6 is 0 Å². The Morgan fingerprint density at radius 3 is 2.14 bits per heavy atom. The van der Waals surface area contributed by atoms with Gasteiger partial charge in [0.05, 0.1) is 0 Å². The fraction of sp³-hybridized carbons (Fsp3) is 0.300. The fourth-order valence-corrected chi connectivity index (χ4v) is 3.25. The molecular weight excluding hydrogens is 268 g/mol. The molecule has 0 unspecified atom stereocenters. The highest BCUT2D eigenvalue weighted by atomic mass is 15.4. The Labute approximate surface area is 133 Å². The van der Waals surface area contributed by atoms with Crippen LogP contribution in [-0.4, -0.2) is 5.66 Å². The number of aryl methyl sites for hydroxylation is 2. The Bertz CT molecular complexity index is 714. The molecule has 2 nitrogen and oxygen atoms in total. The van der Waals surface area contributed by atoms with E-state index in [0.717, 1.165) is 0 Å². The van der Waals surface area contributed by atoms with Gasteiger partial charge in [-0.25, -0.2) is 0 Å². The third kappa shape index (κ3) is 2.29. The van der Waals surface area contributed by atoms with Gasteiger partial charge in [0.15, 0.2) is 0 Å². The Hall–Kier alpha value is -2.22. The summed E-state index contributed by atoms with van der Waals surface area (Å²) >= 11 is 0. The smallest absolute Gasteiger partial charge is 0.115 e. The van der Waals surface area contributed by atoms with E-state index < -0.39 is 0 Å². The highest BCUT2D eigenvalue weighted by Crippen LogP contribution is 2.38. The molecule has 2 heteroatoms. The van der Waals surface area contributed by atoms with Crippen LogP contribution in [-0.2, 0) is 0 Å². The predicted octanol–water partition coefficient (Wildman–Crippen LogP) is 5.15. The first-order chi connectivity index (χ1) is 10.4. The van der Waals surface area contributed by atoms with Crippen LogP contribution in [0.4, 0.5) is 11.4 Å². The van der Waals surface area contributed by atoms with Crippen molar-refractivity contribution < 1.29 is 0 Å². The first-order valence-electron chi connectivity index (χ1n) is 7.81. The molecular formula is C20H24N2. The molecule has 1 heterocycles. The number of rotatable bonds is 2. The molecule has 0 N–H and O–H groups in total. The largest absolute Gasteiger partial charge is 0.323 e. The lowest BCUT2D eigenvalue weighted by Crippen LogP contribution is -2.49. The Balaban J connectivity index is 2.03. The van der Waals surface area contributed by atoms with Gasteiger partial charge in [0.2, 0.25) is 0 Å². The molecule has 1 aliphatic rings. The third-order valence-corrected chi connectivity index (χ3v) is 4.62. The number of hydrogen-bond donors (Lipinski definition) is 0. The van der Waals surface area contributed by atoms with E-state index in [1.54, 1.807) is 0 Å². The summed E-state index contributed by atoms with van der Waals surface area (Å²) in [4.78, 5) is 4.69. The Morgan fingerprint density at radius 2 is 1.45 bits per heavy atom. The SMILES string of the molecule is Cc1cc(C)c(C)c(N2C=CN(c3ccccc3)C2(C)C)c1. The molecule has 22 heavy (non-hydrogen) atoms. The molecule has 0 amide bonds. The first kappa shape index (κ1) is 14.7. The van der Waals surface area contributed by atoms with E-state index in [1.807, 2.05) is 0 Å². The monoisotopic (exact) mass is 292 g/mol. The molecule has 0 saturated heterocycles. The molecule has 1 aliphatic heterocycles. The molecule has 0 bridgehead atoms. The zero-order valence-corrected chi connectivity index (χ0v) is 14.1. The van der Waals surface area contributed by atoms with Crippen molar-refractivity contribution in [3.05, 3.63) is 71.6 Å². The summed E-state index contributed by atoms with van der Waals surface area (Å²) in [6.07, 6.45) is 4.36. The molecule has 3 rings (SSSR count). The second-order valence-electron chi connectivity index (χ2n) is 6.59. The van der Waals surface area contributed by atoms with Gasteiger partial charge in [-0.3, -0.25) is 0 Å².